The number of hydrogen-bond acceptors (Lipinski definition) is 3. The summed E-state index contributed by atoms with van der Waals surface area (Å²) in [6.07, 6.45) is 9.04. The summed E-state index contributed by atoms with van der Waals surface area (Å²) in [7, 11) is 0. The highest BCUT2D eigenvalue weighted by Crippen LogP contribution is 2.43. The number of aliphatic hydroxyl groups excluding tert-OH is 2. The Balaban J connectivity index is 0.000000163. The van der Waals surface area contributed by atoms with Crippen LogP contribution in [-0.2, 0) is 0 Å². The van der Waals surface area contributed by atoms with E-state index in [1.165, 1.54) is 44.9 Å². The topological polar surface area (TPSA) is 60.5 Å². The molecule has 0 saturated carbocycles. The van der Waals surface area contributed by atoms with Crippen LogP contribution in [0.25, 0.3) is 0 Å². The Hall–Kier alpha value is -0.160. The van der Waals surface area contributed by atoms with Gasteiger partial charge in [0, 0.05) is 25.9 Å². The Morgan fingerprint density at radius 3 is 2.05 bits per heavy atom. The number of hydrogen-bond donors (Lipinski definition) is 2. The normalized spacial score (nSPS) is 31.1. The van der Waals surface area contributed by atoms with Crippen LogP contribution in [0.2, 0.25) is 0 Å². The van der Waals surface area contributed by atoms with Gasteiger partial charge in [0.25, 0.3) is 0 Å². The van der Waals surface area contributed by atoms with Crippen molar-refractivity contribution in [2.75, 3.05) is 39.4 Å². The first-order chi connectivity index (χ1) is 9.33. The fourth-order valence-electron chi connectivity index (χ4n) is 3.73. The molecule has 3 aliphatic heterocycles. The lowest BCUT2D eigenvalue weighted by molar-refractivity contribution is -0.00638. The number of rotatable bonds is 3. The third-order valence-corrected chi connectivity index (χ3v) is 5.07. The van der Waals surface area contributed by atoms with Crippen LogP contribution in [0, 0.1) is 5.92 Å². The van der Waals surface area contributed by atoms with Crippen LogP contribution in [-0.4, -0.2) is 55.1 Å². The van der Waals surface area contributed by atoms with E-state index in [1.807, 2.05) is 0 Å². The van der Waals surface area contributed by atoms with E-state index in [2.05, 4.69) is 10.2 Å². The van der Waals surface area contributed by atoms with Crippen LogP contribution in [0.5, 0.6) is 0 Å². The molecule has 4 nitrogen and oxygen atoms in total. The van der Waals surface area contributed by atoms with Gasteiger partial charge in [0.2, 0.25) is 0 Å². The van der Waals surface area contributed by atoms with Gasteiger partial charge in [-0.2, -0.15) is 4.90 Å². The molecule has 1 atom stereocenters. The van der Waals surface area contributed by atoms with E-state index in [1.54, 1.807) is 0 Å². The van der Waals surface area contributed by atoms with Crippen molar-refractivity contribution in [3.05, 3.63) is 0 Å². The molecule has 0 aromatic heterocycles. The van der Waals surface area contributed by atoms with E-state index in [0.717, 1.165) is 26.2 Å². The minimum Gasteiger partial charge on any atom is -0.396 e. The summed E-state index contributed by atoms with van der Waals surface area (Å²) >= 11 is 0. The fraction of sp³-hybridized carbons (Fsp3) is 1.00. The molecule has 0 aromatic carbocycles. The molecular formula is C15H29N2O2+. The van der Waals surface area contributed by atoms with Gasteiger partial charge in [-0.05, 0) is 12.8 Å². The molecule has 1 unspecified atom stereocenters. The van der Waals surface area contributed by atoms with E-state index in [4.69, 9.17) is 10.2 Å². The van der Waals surface area contributed by atoms with E-state index in [-0.39, 0.29) is 24.7 Å². The van der Waals surface area contributed by atoms with Crippen molar-refractivity contribution in [2.45, 2.75) is 50.5 Å². The van der Waals surface area contributed by atoms with Crippen molar-refractivity contribution >= 4 is 0 Å². The summed E-state index contributed by atoms with van der Waals surface area (Å²) in [6, 6.07) is 0. The monoisotopic (exact) mass is 269 g/mol. The molecule has 0 bridgehead atoms. The zero-order valence-electron chi connectivity index (χ0n) is 12.1. The Kier molecular flexibility index (Phi) is 6.07. The van der Waals surface area contributed by atoms with Crippen molar-refractivity contribution in [1.82, 2.24) is 10.2 Å². The molecular weight excluding hydrogens is 240 g/mol. The third-order valence-electron chi connectivity index (χ3n) is 5.07. The molecule has 0 amide bonds. The lowest BCUT2D eigenvalue weighted by atomic mass is 9.74. The van der Waals surface area contributed by atoms with Crippen LogP contribution >= 0.6 is 0 Å². The fourth-order valence-corrected chi connectivity index (χ4v) is 3.73. The average molecular weight is 269 g/mol. The molecule has 2 radical (unpaired) electrons. The van der Waals surface area contributed by atoms with Gasteiger partial charge in [-0.25, -0.2) is 5.32 Å². The summed E-state index contributed by atoms with van der Waals surface area (Å²) in [5, 5.41) is 22.5. The summed E-state index contributed by atoms with van der Waals surface area (Å²) < 4.78 is 0. The zero-order chi connectivity index (χ0) is 13.6. The van der Waals surface area contributed by atoms with Gasteiger partial charge in [-0.1, -0.05) is 12.8 Å². The predicted molar refractivity (Wildman–Crippen MR) is 76.4 cm³/mol. The Morgan fingerprint density at radius 2 is 1.58 bits per heavy atom. The number of aliphatic hydroxyl groups is 2. The maximum atomic E-state index is 9.12. The summed E-state index contributed by atoms with van der Waals surface area (Å²) in [4.78, 5) is 2.42. The molecule has 4 heteroatoms. The van der Waals surface area contributed by atoms with Gasteiger partial charge in [-0.15, -0.1) is 0 Å². The molecule has 19 heavy (non-hydrogen) atoms. The minimum atomic E-state index is 0.0914. The van der Waals surface area contributed by atoms with Crippen LogP contribution in [0.4, 0.5) is 0 Å². The smallest absolute Gasteiger partial charge is 0.155 e. The van der Waals surface area contributed by atoms with Crippen molar-refractivity contribution < 1.29 is 10.2 Å². The average Bonchev–Trinajstić information content (AvgIpc) is 2.68. The van der Waals surface area contributed by atoms with Crippen LogP contribution < -0.4 is 10.2 Å². The quantitative estimate of drug-likeness (QED) is 0.746. The lowest BCUT2D eigenvalue weighted by Gasteiger charge is -2.42. The first kappa shape index (κ1) is 15.2. The van der Waals surface area contributed by atoms with Gasteiger partial charge in [0.1, 0.15) is 13.1 Å². The van der Waals surface area contributed by atoms with Gasteiger partial charge in [0.15, 0.2) is 5.54 Å². The second kappa shape index (κ2) is 7.58. The number of nitrogens with zero attached hydrogens (tertiary/aromatic N) is 2. The summed E-state index contributed by atoms with van der Waals surface area (Å²) in [5.74, 6) is 0.0914. The molecule has 0 spiro atoms. The second-order valence-corrected chi connectivity index (χ2v) is 6.09. The number of fused-ring (bicyclic) bond motifs is 1. The maximum Gasteiger partial charge on any atom is 0.155 e. The molecule has 3 fully saturated rings. The molecule has 3 rings (SSSR count). The molecule has 110 valence electrons. The van der Waals surface area contributed by atoms with E-state index in [0.29, 0.717) is 0 Å². The third kappa shape index (κ3) is 3.48. The standard InChI is InChI=1S/C9H17NO2.C6H12N/c11-6-8(7-12)9-2-1-4-10(9)5-3-9;1-2-4-6-7-5-3-1/h8,11-12H,1-7H2;1-6H2/q+1;. The molecule has 0 aromatic rings. The zero-order valence-corrected chi connectivity index (χ0v) is 12.1. The SMILES string of the molecule is C1CCC[N]CC1.OCC(CO)C12CCC[N+]1CC2. The minimum absolute atomic E-state index is 0.0914. The highest BCUT2D eigenvalue weighted by atomic mass is 16.3. The molecule has 3 saturated heterocycles. The highest BCUT2D eigenvalue weighted by molar-refractivity contribution is 5.11. The van der Waals surface area contributed by atoms with Crippen LogP contribution in [0.15, 0.2) is 0 Å². The molecule has 2 N–H and O–H groups in total. The maximum absolute atomic E-state index is 9.12. The molecule has 0 aliphatic carbocycles. The highest BCUT2D eigenvalue weighted by Gasteiger charge is 2.61. The van der Waals surface area contributed by atoms with Gasteiger partial charge in [0.05, 0.1) is 25.6 Å². The van der Waals surface area contributed by atoms with Crippen molar-refractivity contribution in [1.29, 1.82) is 0 Å². The van der Waals surface area contributed by atoms with Gasteiger partial charge >= 0.3 is 0 Å². The van der Waals surface area contributed by atoms with Gasteiger partial charge in [-0.3, -0.25) is 0 Å². The molecule has 3 aliphatic rings. The van der Waals surface area contributed by atoms with Crippen molar-refractivity contribution in [2.24, 2.45) is 5.92 Å². The largest absolute Gasteiger partial charge is 0.396 e. The second-order valence-electron chi connectivity index (χ2n) is 6.09. The first-order valence-corrected chi connectivity index (χ1v) is 7.93. The lowest BCUT2D eigenvalue weighted by Crippen LogP contribution is -2.65. The Morgan fingerprint density at radius 1 is 0.895 bits per heavy atom. The van der Waals surface area contributed by atoms with E-state index in [9.17, 15) is 0 Å². The van der Waals surface area contributed by atoms with Crippen LogP contribution in [0.3, 0.4) is 0 Å². The predicted octanol–water partition coefficient (Wildman–Crippen LogP) is 0.828. The molecule has 3 heterocycles. The summed E-state index contributed by atoms with van der Waals surface area (Å²) in [5.41, 5.74) is 0.184. The van der Waals surface area contributed by atoms with Gasteiger partial charge < -0.3 is 10.2 Å². The first-order valence-electron chi connectivity index (χ1n) is 7.93. The Bertz CT molecular complexity index is 239. The summed E-state index contributed by atoms with van der Waals surface area (Å²) in [6.45, 7) is 4.84. The van der Waals surface area contributed by atoms with Crippen LogP contribution in [0.1, 0.15) is 44.9 Å². The van der Waals surface area contributed by atoms with Crippen molar-refractivity contribution in [3.63, 3.8) is 0 Å². The van der Waals surface area contributed by atoms with E-state index < -0.39 is 0 Å². The Labute approximate surface area is 117 Å². The van der Waals surface area contributed by atoms with Crippen molar-refractivity contribution in [3.8, 4) is 0 Å². The van der Waals surface area contributed by atoms with E-state index >= 15 is 0 Å².